The number of hydrogen-bond donors (Lipinski definition) is 3. The molecule has 0 aliphatic rings. The van der Waals surface area contributed by atoms with Crippen LogP contribution in [0.25, 0.3) is 0 Å². The third kappa shape index (κ3) is 6.80. The molecule has 0 fully saturated rings. The molecule has 0 aromatic heterocycles. The minimum Gasteiger partial charge on any atom is -0.480 e. The Labute approximate surface area is 175 Å². The Morgan fingerprint density at radius 2 is 1.45 bits per heavy atom. The molecule has 2 aromatic rings. The number of carboxylic acids is 1. The second-order valence-corrected chi connectivity index (χ2v) is 6.81. The quantitative estimate of drug-likeness (QED) is 0.550. The van der Waals surface area contributed by atoms with Crippen LogP contribution in [-0.2, 0) is 33.4 Å². The van der Waals surface area contributed by atoms with Gasteiger partial charge in [-0.25, -0.2) is 9.18 Å². The zero-order valence-corrected chi connectivity index (χ0v) is 16.4. The zero-order valence-electron chi connectivity index (χ0n) is 16.4. The third-order valence-electron chi connectivity index (χ3n) is 4.44. The molecule has 2 atom stereocenters. The summed E-state index contributed by atoms with van der Waals surface area (Å²) in [6.45, 7) is 1.12. The summed E-state index contributed by atoms with van der Waals surface area (Å²) < 4.78 is 53.5. The van der Waals surface area contributed by atoms with Crippen molar-refractivity contribution in [3.63, 3.8) is 0 Å². The van der Waals surface area contributed by atoms with Crippen molar-refractivity contribution < 1.29 is 37.1 Å². The number of carbonyl (C=O) groups excluding carboxylic acids is 2. The van der Waals surface area contributed by atoms with Gasteiger partial charge in [0, 0.05) is 19.8 Å². The standard InChI is InChI=1S/C21H20F4N2O4/c1-12(28)26-17(11-14-7-3-5-9-16(14)22)19(29)27-18(20(30)31)10-13-6-2-4-8-15(13)21(23,24)25/h2-9,17-18H,10-11H2,1H3,(H,26,28)(H,27,29)(H,30,31)/t17-,18-/m1/s1. The molecule has 2 aromatic carbocycles. The summed E-state index contributed by atoms with van der Waals surface area (Å²) in [5, 5.41) is 13.9. The molecule has 31 heavy (non-hydrogen) atoms. The molecule has 0 aliphatic heterocycles. The van der Waals surface area contributed by atoms with Crippen LogP contribution in [0.1, 0.15) is 23.6 Å². The maximum Gasteiger partial charge on any atom is 0.416 e. The lowest BCUT2D eigenvalue weighted by atomic mass is 9.99. The van der Waals surface area contributed by atoms with Crippen molar-refractivity contribution in [3.05, 3.63) is 71.0 Å². The molecule has 0 heterocycles. The molecule has 10 heteroatoms. The second-order valence-electron chi connectivity index (χ2n) is 6.81. The van der Waals surface area contributed by atoms with Gasteiger partial charge in [-0.15, -0.1) is 0 Å². The highest BCUT2D eigenvalue weighted by Gasteiger charge is 2.35. The number of nitrogens with one attached hydrogen (secondary N) is 2. The van der Waals surface area contributed by atoms with E-state index in [0.717, 1.165) is 25.1 Å². The maximum atomic E-state index is 13.9. The van der Waals surface area contributed by atoms with Crippen LogP contribution in [0.5, 0.6) is 0 Å². The number of carbonyl (C=O) groups is 3. The van der Waals surface area contributed by atoms with Crippen LogP contribution in [-0.4, -0.2) is 35.0 Å². The van der Waals surface area contributed by atoms with Gasteiger partial charge >= 0.3 is 12.1 Å². The van der Waals surface area contributed by atoms with Crippen LogP contribution in [0, 0.1) is 5.82 Å². The van der Waals surface area contributed by atoms with Gasteiger partial charge in [0.2, 0.25) is 11.8 Å². The largest absolute Gasteiger partial charge is 0.480 e. The van der Waals surface area contributed by atoms with Gasteiger partial charge in [-0.3, -0.25) is 9.59 Å². The summed E-state index contributed by atoms with van der Waals surface area (Å²) in [6.07, 6.45) is -5.61. The fraction of sp³-hybridized carbons (Fsp3) is 0.286. The Morgan fingerprint density at radius 3 is 2.00 bits per heavy atom. The molecule has 2 rings (SSSR count). The average molecular weight is 440 g/mol. The molecule has 0 saturated carbocycles. The summed E-state index contributed by atoms with van der Waals surface area (Å²) in [4.78, 5) is 35.7. The SMILES string of the molecule is CC(=O)N[C@H](Cc1ccccc1F)C(=O)N[C@H](Cc1ccccc1C(F)(F)F)C(=O)O. The van der Waals surface area contributed by atoms with E-state index >= 15 is 0 Å². The Bertz CT molecular complexity index is 962. The van der Waals surface area contributed by atoms with Gasteiger partial charge in [0.1, 0.15) is 17.9 Å². The Kier molecular flexibility index (Phi) is 7.73. The van der Waals surface area contributed by atoms with Crippen LogP contribution < -0.4 is 10.6 Å². The number of alkyl halides is 3. The van der Waals surface area contributed by atoms with Crippen LogP contribution in [0.3, 0.4) is 0 Å². The first-order valence-electron chi connectivity index (χ1n) is 9.17. The highest BCUT2D eigenvalue weighted by atomic mass is 19.4. The number of halogens is 4. The monoisotopic (exact) mass is 440 g/mol. The summed E-state index contributed by atoms with van der Waals surface area (Å²) in [5.41, 5.74) is -1.22. The smallest absolute Gasteiger partial charge is 0.416 e. The van der Waals surface area contributed by atoms with Crippen molar-refractivity contribution in [1.29, 1.82) is 0 Å². The van der Waals surface area contributed by atoms with Crippen molar-refractivity contribution in [2.75, 3.05) is 0 Å². The molecule has 0 saturated heterocycles. The van der Waals surface area contributed by atoms with Crippen LogP contribution in [0.2, 0.25) is 0 Å². The number of aliphatic carboxylic acids is 1. The van der Waals surface area contributed by atoms with Crippen molar-refractivity contribution in [3.8, 4) is 0 Å². The first-order chi connectivity index (χ1) is 14.5. The van der Waals surface area contributed by atoms with Gasteiger partial charge in [0.05, 0.1) is 5.56 Å². The van der Waals surface area contributed by atoms with E-state index in [4.69, 9.17) is 0 Å². The number of carboxylic acid groups (broad SMARTS) is 1. The fourth-order valence-corrected chi connectivity index (χ4v) is 3.01. The average Bonchev–Trinajstić information content (AvgIpc) is 2.67. The number of benzene rings is 2. The van der Waals surface area contributed by atoms with Gasteiger partial charge in [-0.1, -0.05) is 36.4 Å². The molecule has 3 N–H and O–H groups in total. The van der Waals surface area contributed by atoms with Gasteiger partial charge in [0.15, 0.2) is 0 Å². The Hall–Kier alpha value is -3.43. The molecule has 166 valence electrons. The minimum atomic E-state index is -4.70. The Morgan fingerprint density at radius 1 is 0.903 bits per heavy atom. The van der Waals surface area contributed by atoms with E-state index in [1.807, 2.05) is 0 Å². The normalized spacial score (nSPS) is 13.2. The zero-order chi connectivity index (χ0) is 23.2. The lowest BCUT2D eigenvalue weighted by molar-refractivity contribution is -0.143. The molecule has 0 aliphatic carbocycles. The second kappa shape index (κ2) is 10.1. The first kappa shape index (κ1) is 23.8. The van der Waals surface area contributed by atoms with Gasteiger partial charge in [-0.05, 0) is 23.3 Å². The van der Waals surface area contributed by atoms with E-state index in [1.54, 1.807) is 0 Å². The molecule has 0 spiro atoms. The lowest BCUT2D eigenvalue weighted by Gasteiger charge is -2.22. The van der Waals surface area contributed by atoms with Crippen molar-refractivity contribution in [1.82, 2.24) is 10.6 Å². The number of hydrogen-bond acceptors (Lipinski definition) is 3. The van der Waals surface area contributed by atoms with Gasteiger partial charge in [0.25, 0.3) is 0 Å². The predicted molar refractivity (Wildman–Crippen MR) is 102 cm³/mol. The molecule has 0 bridgehead atoms. The minimum absolute atomic E-state index is 0.102. The maximum absolute atomic E-state index is 13.9. The molecule has 0 radical (unpaired) electrons. The molecule has 0 unspecified atom stereocenters. The highest BCUT2D eigenvalue weighted by Crippen LogP contribution is 2.32. The van der Waals surface area contributed by atoms with E-state index in [0.29, 0.717) is 0 Å². The molecule has 6 nitrogen and oxygen atoms in total. The Balaban J connectivity index is 2.24. The van der Waals surface area contributed by atoms with E-state index in [2.05, 4.69) is 10.6 Å². The van der Waals surface area contributed by atoms with Crippen molar-refractivity contribution in [2.24, 2.45) is 0 Å². The van der Waals surface area contributed by atoms with Crippen LogP contribution in [0.4, 0.5) is 17.6 Å². The summed E-state index contributed by atoms with van der Waals surface area (Å²) in [6, 6.07) is 6.91. The van der Waals surface area contributed by atoms with E-state index in [1.165, 1.54) is 30.3 Å². The van der Waals surface area contributed by atoms with E-state index in [-0.39, 0.29) is 17.5 Å². The van der Waals surface area contributed by atoms with Crippen LogP contribution >= 0.6 is 0 Å². The third-order valence-corrected chi connectivity index (χ3v) is 4.44. The summed E-state index contributed by atoms with van der Waals surface area (Å²) in [7, 11) is 0. The van der Waals surface area contributed by atoms with E-state index < -0.39 is 53.8 Å². The number of rotatable bonds is 8. The van der Waals surface area contributed by atoms with Crippen molar-refractivity contribution >= 4 is 17.8 Å². The fourth-order valence-electron chi connectivity index (χ4n) is 3.01. The summed E-state index contributed by atoms with van der Waals surface area (Å²) >= 11 is 0. The van der Waals surface area contributed by atoms with Gasteiger partial charge < -0.3 is 15.7 Å². The number of amides is 2. The van der Waals surface area contributed by atoms with Gasteiger partial charge in [-0.2, -0.15) is 13.2 Å². The van der Waals surface area contributed by atoms with Crippen molar-refractivity contribution in [2.45, 2.75) is 38.0 Å². The first-order valence-corrected chi connectivity index (χ1v) is 9.17. The summed E-state index contributed by atoms with van der Waals surface area (Å²) in [5.74, 6) is -3.77. The van der Waals surface area contributed by atoms with E-state index in [9.17, 15) is 37.1 Å². The molecular weight excluding hydrogens is 420 g/mol. The molecular formula is C21H20F4N2O4. The predicted octanol–water partition coefficient (Wildman–Crippen LogP) is 2.70. The van der Waals surface area contributed by atoms with Crippen LogP contribution in [0.15, 0.2) is 48.5 Å². The molecule has 2 amide bonds. The lowest BCUT2D eigenvalue weighted by Crippen LogP contribution is -2.52. The highest BCUT2D eigenvalue weighted by molar-refractivity contribution is 5.90. The topological polar surface area (TPSA) is 95.5 Å².